The molecule has 0 bridgehead atoms. The van der Waals surface area contributed by atoms with E-state index >= 15 is 0 Å². The van der Waals surface area contributed by atoms with Gasteiger partial charge in [-0.2, -0.15) is 8.42 Å². The first kappa shape index (κ1) is 20.2. The topological polar surface area (TPSA) is 72.5 Å². The Kier molecular flexibility index (Phi) is 6.44. The third-order valence-electron chi connectivity index (χ3n) is 4.61. The number of carbonyl (C=O) groups is 1. The van der Waals surface area contributed by atoms with Crippen LogP contribution < -0.4 is 9.50 Å². The highest BCUT2D eigenvalue weighted by Gasteiger charge is 2.25. The van der Waals surface area contributed by atoms with Gasteiger partial charge in [-0.05, 0) is 49.1 Å². The molecule has 2 aromatic rings. The molecule has 146 valence electrons. The molecule has 8 heteroatoms. The Balaban J connectivity index is 1.82. The SMILES string of the molecule is CC(=O)NCc1ccc(S(=O)(=O)Oc2ccc(Cl)cc2C2CCCCC2)s1. The molecule has 1 aliphatic carbocycles. The van der Waals surface area contributed by atoms with E-state index in [4.69, 9.17) is 15.8 Å². The van der Waals surface area contributed by atoms with E-state index in [9.17, 15) is 13.2 Å². The van der Waals surface area contributed by atoms with Gasteiger partial charge >= 0.3 is 10.1 Å². The van der Waals surface area contributed by atoms with Crippen LogP contribution in [0.1, 0.15) is 55.4 Å². The van der Waals surface area contributed by atoms with Crippen molar-refractivity contribution in [3.05, 3.63) is 45.8 Å². The molecule has 1 N–H and O–H groups in total. The van der Waals surface area contributed by atoms with Gasteiger partial charge in [0.2, 0.25) is 5.91 Å². The summed E-state index contributed by atoms with van der Waals surface area (Å²) in [6.07, 6.45) is 5.48. The largest absolute Gasteiger partial charge is 0.378 e. The lowest BCUT2D eigenvalue weighted by Crippen LogP contribution is -2.18. The Labute approximate surface area is 168 Å². The summed E-state index contributed by atoms with van der Waals surface area (Å²) in [5.41, 5.74) is 0.862. The van der Waals surface area contributed by atoms with E-state index in [1.807, 2.05) is 6.07 Å². The van der Waals surface area contributed by atoms with Gasteiger partial charge in [-0.1, -0.05) is 30.9 Å². The van der Waals surface area contributed by atoms with Crippen molar-refractivity contribution in [3.63, 3.8) is 0 Å². The second-order valence-electron chi connectivity index (χ2n) is 6.69. The van der Waals surface area contributed by atoms with E-state index in [1.165, 1.54) is 19.4 Å². The predicted molar refractivity (Wildman–Crippen MR) is 107 cm³/mol. The van der Waals surface area contributed by atoms with Crippen LogP contribution in [0.2, 0.25) is 5.02 Å². The van der Waals surface area contributed by atoms with Gasteiger partial charge in [0, 0.05) is 22.4 Å². The molecule has 0 saturated heterocycles. The van der Waals surface area contributed by atoms with Gasteiger partial charge in [0.1, 0.15) is 5.75 Å². The molecule has 1 fully saturated rings. The maximum absolute atomic E-state index is 12.7. The van der Waals surface area contributed by atoms with Crippen molar-refractivity contribution in [1.29, 1.82) is 0 Å². The fourth-order valence-corrected chi connectivity index (χ4v) is 5.68. The van der Waals surface area contributed by atoms with E-state index < -0.39 is 10.1 Å². The van der Waals surface area contributed by atoms with Crippen LogP contribution in [-0.4, -0.2) is 14.3 Å². The number of carbonyl (C=O) groups excluding carboxylic acids is 1. The molecule has 0 atom stereocenters. The molecule has 27 heavy (non-hydrogen) atoms. The van der Waals surface area contributed by atoms with Gasteiger partial charge in [-0.15, -0.1) is 11.3 Å². The van der Waals surface area contributed by atoms with Gasteiger partial charge < -0.3 is 9.50 Å². The zero-order valence-corrected chi connectivity index (χ0v) is 17.4. The molecule has 1 aromatic heterocycles. The number of thiophene rings is 1. The molecule has 0 unspecified atom stereocenters. The molecule has 1 aromatic carbocycles. The summed E-state index contributed by atoms with van der Waals surface area (Å²) < 4.78 is 31.1. The van der Waals surface area contributed by atoms with Crippen molar-refractivity contribution in [2.24, 2.45) is 0 Å². The fraction of sp³-hybridized carbons (Fsp3) is 0.421. The highest BCUT2D eigenvalue weighted by Crippen LogP contribution is 2.40. The van der Waals surface area contributed by atoms with Crippen molar-refractivity contribution in [2.45, 2.75) is 55.7 Å². The zero-order chi connectivity index (χ0) is 19.4. The summed E-state index contributed by atoms with van der Waals surface area (Å²) in [7, 11) is -3.94. The van der Waals surface area contributed by atoms with Crippen LogP contribution in [-0.2, 0) is 21.5 Å². The number of nitrogens with one attached hydrogen (secondary N) is 1. The number of halogens is 1. The van der Waals surface area contributed by atoms with Gasteiger partial charge in [0.05, 0.1) is 6.54 Å². The average molecular weight is 428 g/mol. The van der Waals surface area contributed by atoms with Crippen LogP contribution in [0.25, 0.3) is 0 Å². The minimum absolute atomic E-state index is 0.118. The molecular formula is C19H22ClNO4S2. The van der Waals surface area contributed by atoms with Crippen LogP contribution in [0.4, 0.5) is 0 Å². The van der Waals surface area contributed by atoms with Crippen LogP contribution in [0.15, 0.2) is 34.5 Å². The smallest absolute Gasteiger partial charge is 0.348 e. The van der Waals surface area contributed by atoms with Crippen molar-refractivity contribution in [1.82, 2.24) is 5.32 Å². The number of rotatable bonds is 6. The minimum atomic E-state index is -3.94. The van der Waals surface area contributed by atoms with E-state index in [-0.39, 0.29) is 16.0 Å². The first-order valence-corrected chi connectivity index (χ1v) is 11.5. The maximum Gasteiger partial charge on any atom is 0.348 e. The van der Waals surface area contributed by atoms with Crippen LogP contribution >= 0.6 is 22.9 Å². The Hall–Kier alpha value is -1.57. The third kappa shape index (κ3) is 5.24. The Morgan fingerprint density at radius 2 is 1.96 bits per heavy atom. The molecular weight excluding hydrogens is 406 g/mol. The van der Waals surface area contributed by atoms with E-state index in [0.29, 0.717) is 17.3 Å². The zero-order valence-electron chi connectivity index (χ0n) is 15.0. The Morgan fingerprint density at radius 3 is 2.67 bits per heavy atom. The minimum Gasteiger partial charge on any atom is -0.378 e. The second kappa shape index (κ2) is 8.63. The molecule has 0 spiro atoms. The predicted octanol–water partition coefficient (Wildman–Crippen LogP) is 4.85. The summed E-state index contributed by atoms with van der Waals surface area (Å²) in [5.74, 6) is 0.451. The van der Waals surface area contributed by atoms with Gasteiger partial charge in [-0.25, -0.2) is 0 Å². The first-order chi connectivity index (χ1) is 12.8. The molecule has 1 saturated carbocycles. The summed E-state index contributed by atoms with van der Waals surface area (Å²) in [4.78, 5) is 11.8. The summed E-state index contributed by atoms with van der Waals surface area (Å²) in [6, 6.07) is 8.29. The van der Waals surface area contributed by atoms with E-state index in [1.54, 1.807) is 18.2 Å². The number of hydrogen-bond donors (Lipinski definition) is 1. The summed E-state index contributed by atoms with van der Waals surface area (Å²) in [6.45, 7) is 1.71. The molecule has 1 aliphatic rings. The van der Waals surface area contributed by atoms with Crippen molar-refractivity contribution in [2.75, 3.05) is 0 Å². The summed E-state index contributed by atoms with van der Waals surface area (Å²) in [5, 5.41) is 3.23. The second-order valence-corrected chi connectivity index (χ2v) is 10.1. The van der Waals surface area contributed by atoms with Crippen LogP contribution in [0, 0.1) is 0 Å². The number of benzene rings is 1. The van der Waals surface area contributed by atoms with E-state index in [2.05, 4.69) is 5.32 Å². The van der Waals surface area contributed by atoms with Crippen molar-refractivity contribution < 1.29 is 17.4 Å². The molecule has 0 radical (unpaired) electrons. The first-order valence-electron chi connectivity index (χ1n) is 8.92. The monoisotopic (exact) mass is 427 g/mol. The van der Waals surface area contributed by atoms with Gasteiger partial charge in [-0.3, -0.25) is 4.79 Å². The van der Waals surface area contributed by atoms with Crippen LogP contribution in [0.3, 0.4) is 0 Å². The lowest BCUT2D eigenvalue weighted by molar-refractivity contribution is -0.119. The average Bonchev–Trinajstić information content (AvgIpc) is 3.12. The summed E-state index contributed by atoms with van der Waals surface area (Å²) >= 11 is 7.24. The van der Waals surface area contributed by atoms with Gasteiger partial charge in [0.25, 0.3) is 0 Å². The molecule has 1 heterocycles. The normalized spacial score (nSPS) is 15.5. The highest BCUT2D eigenvalue weighted by atomic mass is 35.5. The standard InChI is InChI=1S/C19H22ClNO4S2/c1-13(22)21-12-16-8-10-19(26-16)27(23,24)25-18-9-7-15(20)11-17(18)14-5-3-2-4-6-14/h7-11,14H,2-6,12H2,1H3,(H,21,22). The Morgan fingerprint density at radius 1 is 1.22 bits per heavy atom. The third-order valence-corrected chi connectivity index (χ3v) is 7.62. The van der Waals surface area contributed by atoms with Crippen molar-refractivity contribution >= 4 is 39.0 Å². The Bertz CT molecular complexity index is 918. The fourth-order valence-electron chi connectivity index (χ4n) is 3.29. The molecule has 1 amide bonds. The molecule has 5 nitrogen and oxygen atoms in total. The van der Waals surface area contributed by atoms with Crippen molar-refractivity contribution in [3.8, 4) is 5.75 Å². The van der Waals surface area contributed by atoms with Crippen LogP contribution in [0.5, 0.6) is 5.75 Å². The number of hydrogen-bond acceptors (Lipinski definition) is 5. The highest BCUT2D eigenvalue weighted by molar-refractivity contribution is 7.89. The van der Waals surface area contributed by atoms with Gasteiger partial charge in [0.15, 0.2) is 4.21 Å². The molecule has 3 rings (SSSR count). The lowest BCUT2D eigenvalue weighted by Gasteiger charge is -2.24. The molecule has 0 aliphatic heterocycles. The van der Waals surface area contributed by atoms with E-state index in [0.717, 1.165) is 47.5 Å². The lowest BCUT2D eigenvalue weighted by atomic mass is 9.84. The quantitative estimate of drug-likeness (QED) is 0.668. The maximum atomic E-state index is 12.7. The number of amides is 1.